The standard InChI is InChI=1S/C13H14F2N2O/c1-3-5-17(6-4-16)13(18)10-7-9(2)11(14)8-12(10)15/h7-8H,3,5-6H2,1-2H3. The molecule has 0 saturated carbocycles. The lowest BCUT2D eigenvalue weighted by Gasteiger charge is -2.19. The van der Waals surface area contributed by atoms with Gasteiger partial charge in [0.15, 0.2) is 0 Å². The van der Waals surface area contributed by atoms with Crippen LogP contribution in [0.3, 0.4) is 0 Å². The topological polar surface area (TPSA) is 44.1 Å². The zero-order valence-corrected chi connectivity index (χ0v) is 10.3. The van der Waals surface area contributed by atoms with Crippen molar-refractivity contribution in [2.45, 2.75) is 20.3 Å². The van der Waals surface area contributed by atoms with Crippen molar-refractivity contribution in [3.63, 3.8) is 0 Å². The summed E-state index contributed by atoms with van der Waals surface area (Å²) in [6.07, 6.45) is 0.662. The first-order valence-corrected chi connectivity index (χ1v) is 5.63. The van der Waals surface area contributed by atoms with Crippen LogP contribution in [0.1, 0.15) is 29.3 Å². The molecule has 0 spiro atoms. The third-order valence-electron chi connectivity index (χ3n) is 2.52. The Balaban J connectivity index is 3.09. The summed E-state index contributed by atoms with van der Waals surface area (Å²) in [6, 6.07) is 3.72. The van der Waals surface area contributed by atoms with E-state index in [1.165, 1.54) is 17.9 Å². The fourth-order valence-corrected chi connectivity index (χ4v) is 1.60. The molecular weight excluding hydrogens is 238 g/mol. The van der Waals surface area contributed by atoms with Crippen molar-refractivity contribution in [3.8, 4) is 6.07 Å². The molecular formula is C13H14F2N2O. The monoisotopic (exact) mass is 252 g/mol. The number of halogens is 2. The molecule has 1 aromatic carbocycles. The quantitative estimate of drug-likeness (QED) is 0.773. The minimum Gasteiger partial charge on any atom is -0.325 e. The largest absolute Gasteiger partial charge is 0.325 e. The van der Waals surface area contributed by atoms with E-state index in [2.05, 4.69) is 0 Å². The summed E-state index contributed by atoms with van der Waals surface area (Å²) in [6.45, 7) is 3.56. The van der Waals surface area contributed by atoms with Gasteiger partial charge < -0.3 is 4.90 Å². The van der Waals surface area contributed by atoms with E-state index in [4.69, 9.17) is 5.26 Å². The molecule has 0 radical (unpaired) electrons. The number of hydrogen-bond donors (Lipinski definition) is 0. The highest BCUT2D eigenvalue weighted by atomic mass is 19.1. The molecule has 96 valence electrons. The molecule has 0 unspecified atom stereocenters. The molecule has 1 aromatic rings. The molecule has 0 N–H and O–H groups in total. The van der Waals surface area contributed by atoms with Crippen LogP contribution < -0.4 is 0 Å². The minimum absolute atomic E-state index is 0.109. The van der Waals surface area contributed by atoms with Crippen LogP contribution in [0.2, 0.25) is 0 Å². The average molecular weight is 252 g/mol. The van der Waals surface area contributed by atoms with Crippen LogP contribution in [-0.2, 0) is 0 Å². The molecule has 0 fully saturated rings. The van der Waals surface area contributed by atoms with E-state index < -0.39 is 17.5 Å². The Kier molecular flexibility index (Phi) is 4.78. The molecule has 0 aliphatic rings. The first-order chi connectivity index (χ1) is 8.51. The lowest BCUT2D eigenvalue weighted by atomic mass is 10.1. The van der Waals surface area contributed by atoms with Crippen LogP contribution in [0, 0.1) is 29.9 Å². The fourth-order valence-electron chi connectivity index (χ4n) is 1.60. The van der Waals surface area contributed by atoms with Crippen molar-refractivity contribution in [1.82, 2.24) is 4.90 Å². The highest BCUT2D eigenvalue weighted by molar-refractivity contribution is 5.94. The first kappa shape index (κ1) is 14.1. The van der Waals surface area contributed by atoms with Gasteiger partial charge in [-0.25, -0.2) is 8.78 Å². The van der Waals surface area contributed by atoms with E-state index in [-0.39, 0.29) is 17.7 Å². The number of hydrogen-bond acceptors (Lipinski definition) is 2. The summed E-state index contributed by atoms with van der Waals surface area (Å²) >= 11 is 0. The van der Waals surface area contributed by atoms with Crippen molar-refractivity contribution in [2.75, 3.05) is 13.1 Å². The number of carbonyl (C=O) groups is 1. The molecule has 5 heteroatoms. The molecule has 0 atom stereocenters. The molecule has 0 saturated heterocycles. The van der Waals surface area contributed by atoms with Gasteiger partial charge >= 0.3 is 0 Å². The van der Waals surface area contributed by atoms with Gasteiger partial charge in [0.25, 0.3) is 5.91 Å². The van der Waals surface area contributed by atoms with Crippen LogP contribution >= 0.6 is 0 Å². The molecule has 0 heterocycles. The fraction of sp³-hybridized carbons (Fsp3) is 0.385. The number of nitriles is 1. The molecule has 3 nitrogen and oxygen atoms in total. The Morgan fingerprint density at radius 3 is 2.61 bits per heavy atom. The molecule has 18 heavy (non-hydrogen) atoms. The SMILES string of the molecule is CCCN(CC#N)C(=O)c1cc(C)c(F)cc1F. The molecule has 1 amide bonds. The summed E-state index contributed by atoms with van der Waals surface area (Å²) in [5, 5.41) is 8.63. The summed E-state index contributed by atoms with van der Waals surface area (Å²) < 4.78 is 26.7. The molecule has 1 rings (SSSR count). The molecule has 0 aliphatic heterocycles. The number of rotatable bonds is 4. The lowest BCUT2D eigenvalue weighted by molar-refractivity contribution is 0.0771. The number of aryl methyl sites for hydroxylation is 1. The summed E-state index contributed by atoms with van der Waals surface area (Å²) in [5.41, 5.74) is 0.00533. The van der Waals surface area contributed by atoms with Gasteiger partial charge in [-0.15, -0.1) is 0 Å². The second-order valence-corrected chi connectivity index (χ2v) is 3.97. The van der Waals surface area contributed by atoms with Crippen molar-refractivity contribution < 1.29 is 13.6 Å². The Bertz CT molecular complexity index is 494. The van der Waals surface area contributed by atoms with Gasteiger partial charge in [0, 0.05) is 12.6 Å². The Labute approximate surface area is 105 Å². The first-order valence-electron chi connectivity index (χ1n) is 5.63. The number of carbonyl (C=O) groups excluding carboxylic acids is 1. The van der Waals surface area contributed by atoms with Gasteiger partial charge in [0.05, 0.1) is 11.6 Å². The maximum Gasteiger partial charge on any atom is 0.257 e. The van der Waals surface area contributed by atoms with Crippen LogP contribution in [-0.4, -0.2) is 23.9 Å². The second-order valence-electron chi connectivity index (χ2n) is 3.97. The van der Waals surface area contributed by atoms with Crippen LogP contribution in [0.5, 0.6) is 0 Å². The van der Waals surface area contributed by atoms with E-state index in [0.29, 0.717) is 19.0 Å². The predicted molar refractivity (Wildman–Crippen MR) is 62.9 cm³/mol. The van der Waals surface area contributed by atoms with Crippen LogP contribution in [0.25, 0.3) is 0 Å². The van der Waals surface area contributed by atoms with Gasteiger partial charge in [0.2, 0.25) is 0 Å². The Morgan fingerprint density at radius 1 is 1.39 bits per heavy atom. The number of amides is 1. The van der Waals surface area contributed by atoms with E-state index in [9.17, 15) is 13.6 Å². The second kappa shape index (κ2) is 6.10. The smallest absolute Gasteiger partial charge is 0.257 e. The average Bonchev–Trinajstić information content (AvgIpc) is 2.33. The minimum atomic E-state index is -0.901. The van der Waals surface area contributed by atoms with Gasteiger partial charge in [-0.3, -0.25) is 4.79 Å². The summed E-state index contributed by atoms with van der Waals surface area (Å²) in [7, 11) is 0. The summed E-state index contributed by atoms with van der Waals surface area (Å²) in [4.78, 5) is 13.3. The highest BCUT2D eigenvalue weighted by Crippen LogP contribution is 2.16. The maximum absolute atomic E-state index is 13.6. The van der Waals surface area contributed by atoms with Gasteiger partial charge in [-0.1, -0.05) is 6.92 Å². The van der Waals surface area contributed by atoms with E-state index >= 15 is 0 Å². The third kappa shape index (κ3) is 3.04. The van der Waals surface area contributed by atoms with E-state index in [1.54, 1.807) is 0 Å². The maximum atomic E-state index is 13.6. The van der Waals surface area contributed by atoms with Gasteiger partial charge in [0.1, 0.15) is 18.2 Å². The van der Waals surface area contributed by atoms with Crippen LogP contribution in [0.15, 0.2) is 12.1 Å². The van der Waals surface area contributed by atoms with E-state index in [1.807, 2.05) is 13.0 Å². The van der Waals surface area contributed by atoms with Gasteiger partial charge in [-0.05, 0) is 25.0 Å². The molecule has 0 aliphatic carbocycles. The van der Waals surface area contributed by atoms with Crippen molar-refractivity contribution in [2.24, 2.45) is 0 Å². The molecule has 0 bridgehead atoms. The third-order valence-corrected chi connectivity index (χ3v) is 2.52. The predicted octanol–water partition coefficient (Wildman–Crippen LogP) is 2.65. The van der Waals surface area contributed by atoms with Crippen molar-refractivity contribution >= 4 is 5.91 Å². The van der Waals surface area contributed by atoms with Gasteiger partial charge in [-0.2, -0.15) is 5.26 Å². The zero-order valence-electron chi connectivity index (χ0n) is 10.3. The number of benzene rings is 1. The lowest BCUT2D eigenvalue weighted by Crippen LogP contribution is -2.32. The Hall–Kier alpha value is -1.96. The van der Waals surface area contributed by atoms with Crippen molar-refractivity contribution in [3.05, 3.63) is 34.9 Å². The Morgan fingerprint density at radius 2 is 2.06 bits per heavy atom. The number of nitrogens with zero attached hydrogens (tertiary/aromatic N) is 2. The highest BCUT2D eigenvalue weighted by Gasteiger charge is 2.20. The summed E-state index contributed by atoms with van der Waals surface area (Å²) in [5.74, 6) is -2.17. The van der Waals surface area contributed by atoms with Crippen LogP contribution in [0.4, 0.5) is 8.78 Å². The molecule has 0 aromatic heterocycles. The van der Waals surface area contributed by atoms with E-state index in [0.717, 1.165) is 0 Å². The zero-order chi connectivity index (χ0) is 13.7. The normalized spacial score (nSPS) is 9.94. The van der Waals surface area contributed by atoms with Crippen molar-refractivity contribution in [1.29, 1.82) is 5.26 Å².